The predicted octanol–water partition coefficient (Wildman–Crippen LogP) is 0.0921. The van der Waals surface area contributed by atoms with Gasteiger partial charge in [0.15, 0.2) is 5.96 Å². The second-order valence-electron chi connectivity index (χ2n) is 7.64. The summed E-state index contributed by atoms with van der Waals surface area (Å²) in [4.78, 5) is 20.7. The quantitative estimate of drug-likeness (QED) is 0.363. The third-order valence-electron chi connectivity index (χ3n) is 3.76. The molecule has 1 rings (SSSR count). The van der Waals surface area contributed by atoms with E-state index in [4.69, 9.17) is 0 Å². The average molecular weight is 341 g/mol. The van der Waals surface area contributed by atoms with Gasteiger partial charge in [-0.2, -0.15) is 0 Å². The van der Waals surface area contributed by atoms with Crippen molar-refractivity contribution in [3.8, 4) is 0 Å². The van der Waals surface area contributed by atoms with Crippen LogP contribution in [0.25, 0.3) is 0 Å². The molecule has 0 bridgehead atoms. The van der Waals surface area contributed by atoms with Gasteiger partial charge in [0.25, 0.3) is 0 Å². The van der Waals surface area contributed by atoms with Gasteiger partial charge in [-0.1, -0.05) is 0 Å². The first-order valence-corrected chi connectivity index (χ1v) is 8.93. The summed E-state index contributed by atoms with van der Waals surface area (Å²) in [6, 6.07) is 0.198. The fraction of sp³-hybridized carbons (Fsp3) is 0.882. The molecule has 0 radical (unpaired) electrons. The van der Waals surface area contributed by atoms with Crippen LogP contribution in [0.5, 0.6) is 0 Å². The Kier molecular flexibility index (Phi) is 8.48. The molecular formula is C17H36N6O. The van der Waals surface area contributed by atoms with Gasteiger partial charge in [-0.05, 0) is 34.6 Å². The number of hydrogen-bond donors (Lipinski definition) is 3. The molecule has 0 aromatic carbocycles. The van der Waals surface area contributed by atoms with E-state index in [1.54, 1.807) is 0 Å². The van der Waals surface area contributed by atoms with Gasteiger partial charge in [0.1, 0.15) is 0 Å². The minimum absolute atomic E-state index is 0.106. The molecule has 1 aliphatic heterocycles. The Morgan fingerprint density at radius 2 is 1.75 bits per heavy atom. The SMILES string of the molecule is CN=C(NCCNC(C)(C)C)N1CCN(CC(=O)NC(C)C)CC1. The van der Waals surface area contributed by atoms with Crippen molar-refractivity contribution in [1.29, 1.82) is 0 Å². The summed E-state index contributed by atoms with van der Waals surface area (Å²) in [5.41, 5.74) is 0.132. The number of piperazine rings is 1. The van der Waals surface area contributed by atoms with Crippen LogP contribution in [0.3, 0.4) is 0 Å². The maximum Gasteiger partial charge on any atom is 0.234 e. The Morgan fingerprint density at radius 3 is 2.25 bits per heavy atom. The third kappa shape index (κ3) is 8.49. The lowest BCUT2D eigenvalue weighted by atomic mass is 10.1. The fourth-order valence-corrected chi connectivity index (χ4v) is 2.63. The molecule has 0 aliphatic carbocycles. The van der Waals surface area contributed by atoms with Crippen molar-refractivity contribution in [1.82, 2.24) is 25.8 Å². The lowest BCUT2D eigenvalue weighted by Crippen LogP contribution is -2.55. The standard InChI is InChI=1S/C17H36N6O/c1-14(2)21-15(24)13-22-9-11-23(12-10-22)16(18-6)19-7-8-20-17(3,4)5/h14,20H,7-13H2,1-6H3,(H,18,19)(H,21,24). The highest BCUT2D eigenvalue weighted by Gasteiger charge is 2.21. The van der Waals surface area contributed by atoms with Crippen molar-refractivity contribution < 1.29 is 4.79 Å². The number of nitrogens with zero attached hydrogens (tertiary/aromatic N) is 3. The van der Waals surface area contributed by atoms with Crippen molar-refractivity contribution in [2.24, 2.45) is 4.99 Å². The van der Waals surface area contributed by atoms with E-state index in [9.17, 15) is 4.79 Å². The zero-order chi connectivity index (χ0) is 18.2. The van der Waals surface area contributed by atoms with Crippen molar-refractivity contribution >= 4 is 11.9 Å². The molecule has 0 atom stereocenters. The highest BCUT2D eigenvalue weighted by Crippen LogP contribution is 2.02. The number of carbonyl (C=O) groups excluding carboxylic acids is 1. The van der Waals surface area contributed by atoms with Gasteiger partial charge < -0.3 is 20.9 Å². The van der Waals surface area contributed by atoms with Gasteiger partial charge in [0.2, 0.25) is 5.91 Å². The molecule has 0 aromatic rings. The van der Waals surface area contributed by atoms with Crippen LogP contribution in [0, 0.1) is 0 Å². The molecule has 1 saturated heterocycles. The van der Waals surface area contributed by atoms with Crippen molar-refractivity contribution in [2.45, 2.75) is 46.2 Å². The molecule has 1 fully saturated rings. The summed E-state index contributed by atoms with van der Waals surface area (Å²) in [5, 5.41) is 9.81. The van der Waals surface area contributed by atoms with Gasteiger partial charge in [-0.15, -0.1) is 0 Å². The van der Waals surface area contributed by atoms with Crippen LogP contribution in [0.15, 0.2) is 4.99 Å². The van der Waals surface area contributed by atoms with Gasteiger partial charge in [-0.25, -0.2) is 0 Å². The predicted molar refractivity (Wildman–Crippen MR) is 100 cm³/mol. The molecule has 3 N–H and O–H groups in total. The monoisotopic (exact) mass is 340 g/mol. The second kappa shape index (κ2) is 9.84. The van der Waals surface area contributed by atoms with Crippen LogP contribution in [-0.4, -0.2) is 86.1 Å². The van der Waals surface area contributed by atoms with E-state index in [0.717, 1.165) is 45.2 Å². The molecule has 24 heavy (non-hydrogen) atoms. The number of guanidine groups is 1. The number of amides is 1. The van der Waals surface area contributed by atoms with Gasteiger partial charge in [-0.3, -0.25) is 14.7 Å². The normalized spacial score (nSPS) is 17.3. The molecule has 1 amide bonds. The van der Waals surface area contributed by atoms with Gasteiger partial charge in [0.05, 0.1) is 6.54 Å². The average Bonchev–Trinajstić information content (AvgIpc) is 2.46. The minimum atomic E-state index is 0.106. The second-order valence-corrected chi connectivity index (χ2v) is 7.64. The van der Waals surface area contributed by atoms with Crippen molar-refractivity contribution in [2.75, 3.05) is 52.9 Å². The summed E-state index contributed by atoms with van der Waals surface area (Å²) in [7, 11) is 1.82. The van der Waals surface area contributed by atoms with E-state index < -0.39 is 0 Å². The van der Waals surface area contributed by atoms with Crippen LogP contribution in [-0.2, 0) is 4.79 Å². The zero-order valence-corrected chi connectivity index (χ0v) is 16.3. The first-order chi connectivity index (χ1) is 11.2. The lowest BCUT2D eigenvalue weighted by molar-refractivity contribution is -0.123. The van der Waals surface area contributed by atoms with Crippen LogP contribution < -0.4 is 16.0 Å². The van der Waals surface area contributed by atoms with E-state index in [1.807, 2.05) is 20.9 Å². The summed E-state index contributed by atoms with van der Waals surface area (Å²) >= 11 is 0. The lowest BCUT2D eigenvalue weighted by Gasteiger charge is -2.36. The maximum absolute atomic E-state index is 11.8. The molecule has 140 valence electrons. The first kappa shape index (κ1) is 20.7. The molecule has 7 heteroatoms. The van der Waals surface area contributed by atoms with E-state index in [2.05, 4.69) is 51.5 Å². The summed E-state index contributed by atoms with van der Waals surface area (Å²) < 4.78 is 0. The van der Waals surface area contributed by atoms with Crippen LogP contribution in [0.1, 0.15) is 34.6 Å². The number of nitrogens with one attached hydrogen (secondary N) is 3. The maximum atomic E-state index is 11.8. The van der Waals surface area contributed by atoms with Crippen molar-refractivity contribution in [3.63, 3.8) is 0 Å². The zero-order valence-electron chi connectivity index (χ0n) is 16.3. The number of carbonyl (C=O) groups is 1. The Labute approximate surface area is 147 Å². The number of rotatable bonds is 6. The first-order valence-electron chi connectivity index (χ1n) is 8.93. The minimum Gasteiger partial charge on any atom is -0.355 e. The Bertz CT molecular complexity index is 408. The summed E-state index contributed by atoms with van der Waals surface area (Å²) in [6.07, 6.45) is 0. The number of hydrogen-bond acceptors (Lipinski definition) is 4. The molecule has 1 aliphatic rings. The van der Waals surface area contributed by atoms with Crippen LogP contribution >= 0.6 is 0 Å². The van der Waals surface area contributed by atoms with Gasteiger partial charge >= 0.3 is 0 Å². The Balaban J connectivity index is 2.30. The van der Waals surface area contributed by atoms with Crippen molar-refractivity contribution in [3.05, 3.63) is 0 Å². The van der Waals surface area contributed by atoms with E-state index in [1.165, 1.54) is 0 Å². The van der Waals surface area contributed by atoms with E-state index in [0.29, 0.717) is 6.54 Å². The van der Waals surface area contributed by atoms with Crippen LogP contribution in [0.4, 0.5) is 0 Å². The molecule has 1 heterocycles. The molecule has 0 saturated carbocycles. The smallest absolute Gasteiger partial charge is 0.234 e. The number of aliphatic imine (C=N–C) groups is 1. The largest absolute Gasteiger partial charge is 0.355 e. The van der Waals surface area contributed by atoms with Crippen LogP contribution in [0.2, 0.25) is 0 Å². The highest BCUT2D eigenvalue weighted by atomic mass is 16.2. The molecule has 0 aromatic heterocycles. The Morgan fingerprint density at radius 1 is 1.12 bits per heavy atom. The summed E-state index contributed by atoms with van der Waals surface area (Å²) in [5.74, 6) is 1.05. The molecule has 7 nitrogen and oxygen atoms in total. The molecular weight excluding hydrogens is 304 g/mol. The fourth-order valence-electron chi connectivity index (χ4n) is 2.63. The van der Waals surface area contributed by atoms with E-state index >= 15 is 0 Å². The van der Waals surface area contributed by atoms with Gasteiger partial charge in [0, 0.05) is 57.9 Å². The topological polar surface area (TPSA) is 72.0 Å². The molecule has 0 unspecified atom stereocenters. The summed E-state index contributed by atoms with van der Waals surface area (Å²) in [6.45, 7) is 16.2. The molecule has 0 spiro atoms. The van der Waals surface area contributed by atoms with E-state index in [-0.39, 0.29) is 17.5 Å². The Hall–Kier alpha value is -1.34. The third-order valence-corrected chi connectivity index (χ3v) is 3.76. The highest BCUT2D eigenvalue weighted by molar-refractivity contribution is 5.80.